The van der Waals surface area contributed by atoms with Crippen molar-refractivity contribution in [1.82, 2.24) is 15.3 Å². The number of nitrogens with two attached hydrogens (primary N) is 1. The van der Waals surface area contributed by atoms with E-state index in [9.17, 15) is 4.79 Å². The third-order valence-electron chi connectivity index (χ3n) is 4.68. The van der Waals surface area contributed by atoms with E-state index in [1.54, 1.807) is 0 Å². The quantitative estimate of drug-likeness (QED) is 0.496. The van der Waals surface area contributed by atoms with E-state index in [0.29, 0.717) is 10.4 Å². The first-order valence-corrected chi connectivity index (χ1v) is 8.18. The Hall–Kier alpha value is -0.980. The molecule has 2 rings (SSSR count). The minimum atomic E-state index is -0.309. The molecule has 1 saturated heterocycles. The van der Waals surface area contributed by atoms with Crippen molar-refractivity contribution in [2.75, 3.05) is 13.1 Å². The molecule has 2 heterocycles. The molecular weight excluding hydrogens is 272 g/mol. The monoisotopic (exact) mass is 296 g/mol. The van der Waals surface area contributed by atoms with Crippen LogP contribution in [-0.4, -0.2) is 28.9 Å². The summed E-state index contributed by atoms with van der Waals surface area (Å²) in [6.45, 7) is 7.68. The average molecular weight is 296 g/mol. The number of likely N-dealkylation sites (tertiary alicyclic amines) is 1. The van der Waals surface area contributed by atoms with Crippen LogP contribution in [0.4, 0.5) is 0 Å². The lowest BCUT2D eigenvalue weighted by Crippen LogP contribution is -2.39. The van der Waals surface area contributed by atoms with Gasteiger partial charge >= 0.3 is 0 Å². The molecule has 1 aliphatic heterocycles. The molecule has 0 aromatic carbocycles. The van der Waals surface area contributed by atoms with E-state index in [1.807, 2.05) is 5.38 Å². The fourth-order valence-electron chi connectivity index (χ4n) is 2.92. The molecule has 0 radical (unpaired) electrons. The van der Waals surface area contributed by atoms with Gasteiger partial charge in [-0.3, -0.25) is 15.1 Å². The van der Waals surface area contributed by atoms with Crippen molar-refractivity contribution in [2.24, 2.45) is 11.3 Å². The predicted molar refractivity (Wildman–Crippen MR) is 81.3 cm³/mol. The van der Waals surface area contributed by atoms with Gasteiger partial charge in [-0.25, -0.2) is 10.8 Å². The molecule has 1 aromatic heterocycles. The normalized spacial score (nSPS) is 18.9. The summed E-state index contributed by atoms with van der Waals surface area (Å²) in [6.07, 6.45) is 5.07. The number of amides is 1. The summed E-state index contributed by atoms with van der Waals surface area (Å²) in [4.78, 5) is 18.1. The number of nitrogens with one attached hydrogen (secondary N) is 1. The van der Waals surface area contributed by atoms with Gasteiger partial charge in [-0.15, -0.1) is 11.3 Å². The van der Waals surface area contributed by atoms with Crippen molar-refractivity contribution in [1.29, 1.82) is 0 Å². The van der Waals surface area contributed by atoms with Crippen molar-refractivity contribution in [3.05, 3.63) is 16.1 Å². The number of nitrogens with zero attached hydrogens (tertiary/aromatic N) is 2. The zero-order valence-corrected chi connectivity index (χ0v) is 13.1. The summed E-state index contributed by atoms with van der Waals surface area (Å²) >= 11 is 1.35. The van der Waals surface area contributed by atoms with Gasteiger partial charge in [-0.05, 0) is 31.3 Å². The fraction of sp³-hybridized carbons (Fsp3) is 0.714. The Morgan fingerprint density at radius 2 is 2.10 bits per heavy atom. The van der Waals surface area contributed by atoms with Crippen LogP contribution in [0, 0.1) is 5.41 Å². The molecule has 0 bridgehead atoms. The molecule has 3 N–H and O–H groups in total. The second-order valence-electron chi connectivity index (χ2n) is 5.60. The van der Waals surface area contributed by atoms with Crippen molar-refractivity contribution >= 4 is 17.2 Å². The predicted octanol–water partition coefficient (Wildman–Crippen LogP) is 2.15. The molecule has 0 unspecified atom stereocenters. The highest BCUT2D eigenvalue weighted by Crippen LogP contribution is 2.38. The largest absolute Gasteiger partial charge is 0.297 e. The van der Waals surface area contributed by atoms with Gasteiger partial charge in [-0.2, -0.15) is 0 Å². The number of hydrogen-bond donors (Lipinski definition) is 2. The molecule has 0 atom stereocenters. The van der Waals surface area contributed by atoms with E-state index in [2.05, 4.69) is 29.2 Å². The lowest BCUT2D eigenvalue weighted by atomic mass is 9.74. The molecule has 6 heteroatoms. The second kappa shape index (κ2) is 6.65. The summed E-state index contributed by atoms with van der Waals surface area (Å²) in [5, 5.41) is 2.39. The molecule has 1 fully saturated rings. The average Bonchev–Trinajstić information content (AvgIpc) is 2.96. The molecule has 20 heavy (non-hydrogen) atoms. The first-order valence-electron chi connectivity index (χ1n) is 7.30. The smallest absolute Gasteiger partial charge is 0.294 e. The highest BCUT2D eigenvalue weighted by molar-refractivity contribution is 7.11. The van der Waals surface area contributed by atoms with Crippen LogP contribution >= 0.6 is 11.3 Å². The molecule has 0 aliphatic carbocycles. The Morgan fingerprint density at radius 1 is 1.45 bits per heavy atom. The van der Waals surface area contributed by atoms with Crippen LogP contribution in [0.15, 0.2) is 5.38 Å². The SMILES string of the molecule is CCC1(CC)CCN(Cc2csc(C(=O)NN)n2)CC1. The van der Waals surface area contributed by atoms with Gasteiger partial charge in [0.1, 0.15) is 0 Å². The Kier molecular flexibility index (Phi) is 5.12. The number of hydrogen-bond acceptors (Lipinski definition) is 5. The van der Waals surface area contributed by atoms with E-state index < -0.39 is 0 Å². The van der Waals surface area contributed by atoms with E-state index >= 15 is 0 Å². The Labute approximate surface area is 124 Å². The molecule has 5 nitrogen and oxygen atoms in total. The van der Waals surface area contributed by atoms with Crippen LogP contribution in [0.3, 0.4) is 0 Å². The third-order valence-corrected chi connectivity index (χ3v) is 5.57. The maximum absolute atomic E-state index is 11.4. The summed E-state index contributed by atoms with van der Waals surface area (Å²) in [6, 6.07) is 0. The van der Waals surface area contributed by atoms with Crippen molar-refractivity contribution < 1.29 is 4.79 Å². The van der Waals surface area contributed by atoms with Gasteiger partial charge in [0.25, 0.3) is 5.91 Å². The van der Waals surface area contributed by atoms with E-state index in [4.69, 9.17) is 5.84 Å². The number of aromatic nitrogens is 1. The number of rotatable bonds is 5. The number of piperidine rings is 1. The summed E-state index contributed by atoms with van der Waals surface area (Å²) in [7, 11) is 0. The molecule has 0 spiro atoms. The van der Waals surface area contributed by atoms with Crippen LogP contribution in [0.1, 0.15) is 55.0 Å². The van der Waals surface area contributed by atoms with Crippen LogP contribution in [0.25, 0.3) is 0 Å². The Balaban J connectivity index is 1.89. The number of carbonyl (C=O) groups excluding carboxylic acids is 1. The van der Waals surface area contributed by atoms with Gasteiger partial charge in [0.2, 0.25) is 0 Å². The van der Waals surface area contributed by atoms with Crippen molar-refractivity contribution in [3.63, 3.8) is 0 Å². The van der Waals surface area contributed by atoms with E-state index in [0.717, 1.165) is 25.3 Å². The first kappa shape index (κ1) is 15.4. The van der Waals surface area contributed by atoms with E-state index in [-0.39, 0.29) is 5.91 Å². The second-order valence-corrected chi connectivity index (χ2v) is 6.46. The Bertz CT molecular complexity index is 446. The third kappa shape index (κ3) is 3.37. The summed E-state index contributed by atoms with van der Waals surface area (Å²) < 4.78 is 0. The number of carbonyl (C=O) groups is 1. The molecule has 1 aromatic rings. The maximum atomic E-state index is 11.4. The standard InChI is InChI=1S/C14H24N4OS/c1-3-14(4-2)5-7-18(8-6-14)9-11-10-20-13(16-11)12(19)17-15/h10H,3-9,15H2,1-2H3,(H,17,19). The zero-order chi connectivity index (χ0) is 14.6. The highest BCUT2D eigenvalue weighted by Gasteiger charge is 2.31. The Morgan fingerprint density at radius 3 is 2.65 bits per heavy atom. The van der Waals surface area contributed by atoms with Gasteiger partial charge in [0, 0.05) is 11.9 Å². The number of nitrogen functional groups attached to an aromatic ring is 1. The van der Waals surface area contributed by atoms with Gasteiger partial charge < -0.3 is 0 Å². The topological polar surface area (TPSA) is 71.2 Å². The molecule has 112 valence electrons. The summed E-state index contributed by atoms with van der Waals surface area (Å²) in [5.41, 5.74) is 3.63. The van der Waals surface area contributed by atoms with Crippen LogP contribution in [0.5, 0.6) is 0 Å². The van der Waals surface area contributed by atoms with Crippen molar-refractivity contribution in [3.8, 4) is 0 Å². The van der Waals surface area contributed by atoms with Crippen LogP contribution < -0.4 is 11.3 Å². The number of hydrazine groups is 1. The molecule has 1 aliphatic rings. The zero-order valence-electron chi connectivity index (χ0n) is 12.3. The minimum absolute atomic E-state index is 0.309. The highest BCUT2D eigenvalue weighted by atomic mass is 32.1. The molecule has 0 saturated carbocycles. The summed E-state index contributed by atoms with van der Waals surface area (Å²) in [5.74, 6) is 4.81. The van der Waals surface area contributed by atoms with Crippen LogP contribution in [0.2, 0.25) is 0 Å². The minimum Gasteiger partial charge on any atom is -0.297 e. The maximum Gasteiger partial charge on any atom is 0.294 e. The number of thiazole rings is 1. The van der Waals surface area contributed by atoms with Crippen LogP contribution in [-0.2, 0) is 6.54 Å². The van der Waals surface area contributed by atoms with Gasteiger partial charge in [-0.1, -0.05) is 26.7 Å². The van der Waals surface area contributed by atoms with Gasteiger partial charge in [0.05, 0.1) is 5.69 Å². The van der Waals surface area contributed by atoms with E-state index in [1.165, 1.54) is 37.0 Å². The lowest BCUT2D eigenvalue weighted by molar-refractivity contribution is 0.0899. The first-order chi connectivity index (χ1) is 9.62. The van der Waals surface area contributed by atoms with Gasteiger partial charge in [0.15, 0.2) is 5.01 Å². The molecule has 1 amide bonds. The molecular formula is C14H24N4OS. The lowest BCUT2D eigenvalue weighted by Gasteiger charge is -2.40. The van der Waals surface area contributed by atoms with Crippen molar-refractivity contribution in [2.45, 2.75) is 46.1 Å². The fourth-order valence-corrected chi connectivity index (χ4v) is 3.63.